The second-order valence-electron chi connectivity index (χ2n) is 4.37. The molecule has 0 aliphatic carbocycles. The average Bonchev–Trinajstić information content (AvgIpc) is 2.72. The first-order chi connectivity index (χ1) is 9.95. The Balaban J connectivity index is 2.31. The second kappa shape index (κ2) is 6.49. The van der Waals surface area contributed by atoms with Crippen LogP contribution in [0.2, 0.25) is 5.02 Å². The lowest BCUT2D eigenvalue weighted by atomic mass is 10.2. The molecule has 21 heavy (non-hydrogen) atoms. The number of nitrogens with zero attached hydrogens (tertiary/aromatic N) is 2. The molecule has 1 aromatic carbocycles. The fourth-order valence-corrected chi connectivity index (χ4v) is 2.60. The molecule has 0 unspecified atom stereocenters. The summed E-state index contributed by atoms with van der Waals surface area (Å²) in [5.74, 6) is -0.910. The molecule has 2 aromatic rings. The van der Waals surface area contributed by atoms with E-state index >= 15 is 0 Å². The van der Waals surface area contributed by atoms with Crippen LogP contribution in [0.1, 0.15) is 28.7 Å². The van der Waals surface area contributed by atoms with Crippen LogP contribution in [-0.2, 0) is 13.2 Å². The number of hydrogen-bond acceptors (Lipinski definition) is 3. The lowest BCUT2D eigenvalue weighted by Crippen LogP contribution is -2.09. The lowest BCUT2D eigenvalue weighted by molar-refractivity contribution is 0.0691. The zero-order chi connectivity index (χ0) is 15.6. The molecular weight excluding hydrogens is 360 g/mol. The van der Waals surface area contributed by atoms with Crippen LogP contribution in [0.25, 0.3) is 0 Å². The minimum absolute atomic E-state index is 0.0397. The Morgan fingerprint density at radius 3 is 2.86 bits per heavy atom. The van der Waals surface area contributed by atoms with Crippen LogP contribution in [0, 0.1) is 6.92 Å². The highest BCUT2D eigenvalue weighted by molar-refractivity contribution is 9.10. The molecule has 0 fully saturated rings. The van der Waals surface area contributed by atoms with Gasteiger partial charge in [0.2, 0.25) is 0 Å². The molecular formula is C14H14BrClN2O3. The van der Waals surface area contributed by atoms with E-state index < -0.39 is 5.97 Å². The third-order valence-electron chi connectivity index (χ3n) is 3.00. The summed E-state index contributed by atoms with van der Waals surface area (Å²) >= 11 is 9.50. The van der Waals surface area contributed by atoms with Gasteiger partial charge in [-0.25, -0.2) is 4.79 Å². The Morgan fingerprint density at radius 1 is 1.52 bits per heavy atom. The van der Waals surface area contributed by atoms with Crippen LogP contribution in [0.4, 0.5) is 0 Å². The van der Waals surface area contributed by atoms with Crippen molar-refractivity contribution >= 4 is 33.5 Å². The Morgan fingerprint density at radius 2 is 2.24 bits per heavy atom. The van der Waals surface area contributed by atoms with E-state index in [9.17, 15) is 9.90 Å². The molecule has 1 N–H and O–H groups in total. The second-order valence-corrected chi connectivity index (χ2v) is 5.57. The maximum absolute atomic E-state index is 11.2. The van der Waals surface area contributed by atoms with Gasteiger partial charge in [-0.1, -0.05) is 17.7 Å². The fourth-order valence-electron chi connectivity index (χ4n) is 1.97. The Labute approximate surface area is 135 Å². The number of benzene rings is 1. The van der Waals surface area contributed by atoms with Gasteiger partial charge in [-0.2, -0.15) is 5.10 Å². The quantitative estimate of drug-likeness (QED) is 0.863. The van der Waals surface area contributed by atoms with Gasteiger partial charge in [0.15, 0.2) is 5.75 Å². The average molecular weight is 374 g/mol. The van der Waals surface area contributed by atoms with E-state index in [0.29, 0.717) is 6.54 Å². The largest absolute Gasteiger partial charge is 0.485 e. The SMILES string of the molecule is CCn1nc(C)c(Br)c1COc1c(Cl)cccc1C(=O)O. The van der Waals surface area contributed by atoms with Crippen molar-refractivity contribution < 1.29 is 14.6 Å². The Bertz CT molecular complexity index is 685. The Kier molecular flexibility index (Phi) is 4.90. The number of aromatic carboxylic acids is 1. The van der Waals surface area contributed by atoms with Gasteiger partial charge in [0, 0.05) is 6.54 Å². The van der Waals surface area contributed by atoms with Crippen LogP contribution >= 0.6 is 27.5 Å². The van der Waals surface area contributed by atoms with E-state index in [2.05, 4.69) is 21.0 Å². The third kappa shape index (κ3) is 3.22. The van der Waals surface area contributed by atoms with Crippen molar-refractivity contribution in [1.29, 1.82) is 0 Å². The molecule has 112 valence electrons. The fraction of sp³-hybridized carbons (Fsp3) is 0.286. The molecule has 2 rings (SSSR count). The zero-order valence-electron chi connectivity index (χ0n) is 11.6. The van der Waals surface area contributed by atoms with Crippen LogP contribution in [0.15, 0.2) is 22.7 Å². The summed E-state index contributed by atoms with van der Waals surface area (Å²) in [6.07, 6.45) is 0. The van der Waals surface area contributed by atoms with Gasteiger partial charge in [0.1, 0.15) is 12.2 Å². The maximum atomic E-state index is 11.2. The van der Waals surface area contributed by atoms with Crippen molar-refractivity contribution in [3.05, 3.63) is 44.6 Å². The summed E-state index contributed by atoms with van der Waals surface area (Å²) < 4.78 is 8.31. The molecule has 0 radical (unpaired) electrons. The molecule has 0 saturated carbocycles. The number of carbonyl (C=O) groups is 1. The first-order valence-electron chi connectivity index (χ1n) is 6.32. The van der Waals surface area contributed by atoms with Crippen LogP contribution < -0.4 is 4.74 Å². The van der Waals surface area contributed by atoms with Crippen molar-refractivity contribution in [2.75, 3.05) is 0 Å². The molecule has 0 atom stereocenters. The number of carboxylic acid groups (broad SMARTS) is 1. The van der Waals surface area contributed by atoms with E-state index in [1.165, 1.54) is 6.07 Å². The topological polar surface area (TPSA) is 64.4 Å². The molecule has 0 saturated heterocycles. The molecule has 7 heteroatoms. The monoisotopic (exact) mass is 372 g/mol. The summed E-state index contributed by atoms with van der Waals surface area (Å²) in [5.41, 5.74) is 1.73. The van der Waals surface area contributed by atoms with Crippen molar-refractivity contribution in [1.82, 2.24) is 9.78 Å². The van der Waals surface area contributed by atoms with Crippen molar-refractivity contribution in [2.24, 2.45) is 0 Å². The number of ether oxygens (including phenoxy) is 1. The molecule has 5 nitrogen and oxygen atoms in total. The molecule has 1 aromatic heterocycles. The van der Waals surface area contributed by atoms with Crippen LogP contribution in [0.3, 0.4) is 0 Å². The Hall–Kier alpha value is -1.53. The molecule has 0 spiro atoms. The van der Waals surface area contributed by atoms with Crippen molar-refractivity contribution in [3.63, 3.8) is 0 Å². The molecule has 0 aliphatic heterocycles. The first kappa shape index (κ1) is 15.9. The van der Waals surface area contributed by atoms with Crippen LogP contribution in [-0.4, -0.2) is 20.9 Å². The van der Waals surface area contributed by atoms with Gasteiger partial charge in [-0.05, 0) is 41.9 Å². The van der Waals surface area contributed by atoms with Gasteiger partial charge in [-0.3, -0.25) is 4.68 Å². The summed E-state index contributed by atoms with van der Waals surface area (Å²) in [4.78, 5) is 11.2. The van der Waals surface area contributed by atoms with Gasteiger partial charge in [-0.15, -0.1) is 0 Å². The highest BCUT2D eigenvalue weighted by Gasteiger charge is 2.17. The van der Waals surface area contributed by atoms with Gasteiger partial charge in [0.05, 0.1) is 20.9 Å². The van der Waals surface area contributed by atoms with E-state index in [-0.39, 0.29) is 22.9 Å². The predicted octanol–water partition coefficient (Wildman–Crippen LogP) is 3.90. The first-order valence-corrected chi connectivity index (χ1v) is 7.49. The zero-order valence-corrected chi connectivity index (χ0v) is 13.9. The summed E-state index contributed by atoms with van der Waals surface area (Å²) in [6, 6.07) is 4.64. The molecule has 0 aliphatic rings. The number of halogens is 2. The minimum atomic E-state index is -1.08. The number of aromatic nitrogens is 2. The highest BCUT2D eigenvalue weighted by Crippen LogP contribution is 2.30. The minimum Gasteiger partial charge on any atom is -0.485 e. The van der Waals surface area contributed by atoms with Gasteiger partial charge < -0.3 is 9.84 Å². The van der Waals surface area contributed by atoms with E-state index in [1.807, 2.05) is 13.8 Å². The van der Waals surface area contributed by atoms with E-state index in [0.717, 1.165) is 15.9 Å². The lowest BCUT2D eigenvalue weighted by Gasteiger charge is -2.12. The third-order valence-corrected chi connectivity index (χ3v) is 4.33. The summed E-state index contributed by atoms with van der Waals surface area (Å²) in [5, 5.41) is 13.8. The van der Waals surface area contributed by atoms with E-state index in [1.54, 1.807) is 16.8 Å². The summed E-state index contributed by atoms with van der Waals surface area (Å²) in [7, 11) is 0. The number of aryl methyl sites for hydroxylation is 2. The number of carboxylic acids is 1. The number of para-hydroxylation sites is 1. The molecule has 1 heterocycles. The highest BCUT2D eigenvalue weighted by atomic mass is 79.9. The van der Waals surface area contributed by atoms with Crippen molar-refractivity contribution in [2.45, 2.75) is 27.0 Å². The molecule has 0 amide bonds. The van der Waals surface area contributed by atoms with Crippen LogP contribution in [0.5, 0.6) is 5.75 Å². The number of rotatable bonds is 5. The van der Waals surface area contributed by atoms with Gasteiger partial charge >= 0.3 is 5.97 Å². The smallest absolute Gasteiger partial charge is 0.339 e. The normalized spacial score (nSPS) is 10.7. The van der Waals surface area contributed by atoms with Crippen molar-refractivity contribution in [3.8, 4) is 5.75 Å². The van der Waals surface area contributed by atoms with E-state index in [4.69, 9.17) is 16.3 Å². The van der Waals surface area contributed by atoms with Gasteiger partial charge in [0.25, 0.3) is 0 Å². The maximum Gasteiger partial charge on any atom is 0.339 e. The summed E-state index contributed by atoms with van der Waals surface area (Å²) in [6.45, 7) is 4.73. The number of hydrogen-bond donors (Lipinski definition) is 1. The standard InChI is InChI=1S/C14H14BrClN2O3/c1-3-18-11(12(15)8(2)17-18)7-21-13-9(14(19)20)5-4-6-10(13)16/h4-6H,3,7H2,1-2H3,(H,19,20). The predicted molar refractivity (Wildman–Crippen MR) is 83.1 cm³/mol. The molecule has 0 bridgehead atoms.